The van der Waals surface area contributed by atoms with E-state index < -0.39 is 13.0 Å². The first-order valence-electron chi connectivity index (χ1n) is 4.87. The zero-order valence-corrected chi connectivity index (χ0v) is 8.68. The monoisotopic (exact) mass is 232 g/mol. The van der Waals surface area contributed by atoms with Crippen LogP contribution in [0.4, 0.5) is 14.6 Å². The maximum Gasteiger partial charge on any atom is 0.255 e. The van der Waals surface area contributed by atoms with E-state index in [0.29, 0.717) is 11.4 Å². The minimum absolute atomic E-state index is 0.0638. The van der Waals surface area contributed by atoms with Crippen LogP contribution in [-0.2, 0) is 6.61 Å². The molecular formula is C10H14F2N2O2. The zero-order valence-electron chi connectivity index (χ0n) is 8.68. The first-order chi connectivity index (χ1) is 7.69. The fraction of sp³-hybridized carbons (Fsp3) is 0.500. The maximum absolute atomic E-state index is 12.3. The average molecular weight is 232 g/mol. The molecule has 2 N–H and O–H groups in total. The minimum Gasteiger partial charge on any atom is -0.395 e. The molecule has 0 aliphatic rings. The second-order valence-corrected chi connectivity index (χ2v) is 3.20. The van der Waals surface area contributed by atoms with E-state index >= 15 is 0 Å². The highest BCUT2D eigenvalue weighted by atomic mass is 19.3. The second kappa shape index (κ2) is 6.34. The molecule has 0 radical (unpaired) electrons. The Hall–Kier alpha value is -1.27. The smallest absolute Gasteiger partial charge is 0.255 e. The molecule has 1 aromatic rings. The summed E-state index contributed by atoms with van der Waals surface area (Å²) in [5.74, 6) is 0.291. The van der Waals surface area contributed by atoms with Crippen LogP contribution in [0.25, 0.3) is 0 Å². The number of hydrogen-bond donors (Lipinski definition) is 2. The summed E-state index contributed by atoms with van der Waals surface area (Å²) in [6, 6.07) is 3.23. The zero-order chi connectivity index (χ0) is 12.0. The molecule has 0 amide bonds. The van der Waals surface area contributed by atoms with E-state index in [1.807, 2.05) is 0 Å². The van der Waals surface area contributed by atoms with Crippen LogP contribution in [0.1, 0.15) is 5.56 Å². The molecule has 90 valence electrons. The number of alkyl halides is 2. The van der Waals surface area contributed by atoms with Crippen LogP contribution < -0.4 is 4.90 Å². The van der Waals surface area contributed by atoms with Crippen LogP contribution >= 0.6 is 0 Å². The molecule has 1 rings (SSSR count). The molecule has 0 aromatic carbocycles. The maximum atomic E-state index is 12.3. The number of aliphatic hydroxyl groups is 2. The van der Waals surface area contributed by atoms with Crippen molar-refractivity contribution in [2.45, 2.75) is 13.0 Å². The standard InChI is InChI=1S/C10H14F2N2O2/c11-9(12)6-14(4-5-15)10-8(7-16)2-1-3-13-10/h1-3,9,15-16H,4-7H2. The lowest BCUT2D eigenvalue weighted by atomic mass is 10.2. The van der Waals surface area contributed by atoms with Crippen molar-refractivity contribution in [3.05, 3.63) is 23.9 Å². The number of anilines is 1. The van der Waals surface area contributed by atoms with E-state index in [2.05, 4.69) is 4.98 Å². The molecular weight excluding hydrogens is 218 g/mol. The van der Waals surface area contributed by atoms with Gasteiger partial charge in [-0.1, -0.05) is 6.07 Å². The number of aromatic nitrogens is 1. The minimum atomic E-state index is -2.51. The molecule has 0 saturated heterocycles. The largest absolute Gasteiger partial charge is 0.395 e. The van der Waals surface area contributed by atoms with Gasteiger partial charge in [-0.2, -0.15) is 0 Å². The van der Waals surface area contributed by atoms with Crippen LogP contribution in [0.2, 0.25) is 0 Å². The molecule has 16 heavy (non-hydrogen) atoms. The normalized spacial score (nSPS) is 10.8. The molecule has 0 aliphatic carbocycles. The van der Waals surface area contributed by atoms with Crippen molar-refractivity contribution in [1.82, 2.24) is 4.98 Å². The fourth-order valence-electron chi connectivity index (χ4n) is 1.41. The molecule has 4 nitrogen and oxygen atoms in total. The van der Waals surface area contributed by atoms with Gasteiger partial charge in [0.25, 0.3) is 6.43 Å². The van der Waals surface area contributed by atoms with E-state index in [-0.39, 0.29) is 19.8 Å². The molecule has 0 spiro atoms. The molecule has 0 bridgehead atoms. The Morgan fingerprint density at radius 2 is 2.12 bits per heavy atom. The molecule has 0 fully saturated rings. The van der Waals surface area contributed by atoms with Gasteiger partial charge in [-0.15, -0.1) is 0 Å². The van der Waals surface area contributed by atoms with Crippen molar-refractivity contribution in [2.24, 2.45) is 0 Å². The average Bonchev–Trinajstić information content (AvgIpc) is 2.28. The lowest BCUT2D eigenvalue weighted by Crippen LogP contribution is -2.33. The third-order valence-corrected chi connectivity index (χ3v) is 2.07. The number of rotatable bonds is 6. The Morgan fingerprint density at radius 3 is 2.69 bits per heavy atom. The number of pyridine rings is 1. The topological polar surface area (TPSA) is 56.6 Å². The quantitative estimate of drug-likeness (QED) is 0.755. The van der Waals surface area contributed by atoms with Gasteiger partial charge in [0, 0.05) is 18.3 Å². The Morgan fingerprint density at radius 1 is 1.38 bits per heavy atom. The Labute approximate surface area is 92.2 Å². The van der Waals surface area contributed by atoms with Gasteiger partial charge in [-0.3, -0.25) is 0 Å². The van der Waals surface area contributed by atoms with Gasteiger partial charge in [0.05, 0.1) is 19.8 Å². The second-order valence-electron chi connectivity index (χ2n) is 3.20. The highest BCUT2D eigenvalue weighted by molar-refractivity contribution is 5.46. The van der Waals surface area contributed by atoms with E-state index in [9.17, 15) is 8.78 Å². The van der Waals surface area contributed by atoms with E-state index in [4.69, 9.17) is 10.2 Å². The van der Waals surface area contributed by atoms with Crippen molar-refractivity contribution in [3.8, 4) is 0 Å². The molecule has 0 aliphatic heterocycles. The van der Waals surface area contributed by atoms with Gasteiger partial charge >= 0.3 is 0 Å². The summed E-state index contributed by atoms with van der Waals surface area (Å²) in [6.07, 6.45) is -1.05. The van der Waals surface area contributed by atoms with Crippen LogP contribution in [0.15, 0.2) is 18.3 Å². The SMILES string of the molecule is OCCN(CC(F)F)c1ncccc1CO. The third-order valence-electron chi connectivity index (χ3n) is 2.07. The van der Waals surface area contributed by atoms with Crippen LogP contribution in [0.5, 0.6) is 0 Å². The lowest BCUT2D eigenvalue weighted by molar-refractivity contribution is 0.152. The van der Waals surface area contributed by atoms with E-state index in [1.54, 1.807) is 12.1 Å². The summed E-state index contributed by atoms with van der Waals surface area (Å²) in [5, 5.41) is 17.9. The third kappa shape index (κ3) is 3.39. The molecule has 6 heteroatoms. The first-order valence-corrected chi connectivity index (χ1v) is 4.87. The number of nitrogens with zero attached hydrogens (tertiary/aromatic N) is 2. The van der Waals surface area contributed by atoms with Crippen molar-refractivity contribution in [3.63, 3.8) is 0 Å². The number of hydrogen-bond acceptors (Lipinski definition) is 4. The summed E-state index contributed by atoms with van der Waals surface area (Å²) in [4.78, 5) is 5.20. The molecule has 0 unspecified atom stereocenters. The van der Waals surface area contributed by atoms with Gasteiger partial charge < -0.3 is 15.1 Å². The van der Waals surface area contributed by atoms with E-state index in [1.165, 1.54) is 11.1 Å². The number of aliphatic hydroxyl groups excluding tert-OH is 2. The van der Waals surface area contributed by atoms with Crippen molar-refractivity contribution in [2.75, 3.05) is 24.6 Å². The summed E-state index contributed by atoms with van der Waals surface area (Å²) in [5.41, 5.74) is 0.469. The van der Waals surface area contributed by atoms with Crippen molar-refractivity contribution >= 4 is 5.82 Å². The van der Waals surface area contributed by atoms with Gasteiger partial charge in [-0.25, -0.2) is 13.8 Å². The van der Waals surface area contributed by atoms with Gasteiger partial charge in [0.15, 0.2) is 0 Å². The van der Waals surface area contributed by atoms with E-state index in [0.717, 1.165) is 0 Å². The Balaban J connectivity index is 2.90. The highest BCUT2D eigenvalue weighted by Gasteiger charge is 2.16. The lowest BCUT2D eigenvalue weighted by Gasteiger charge is -2.24. The van der Waals surface area contributed by atoms with Crippen LogP contribution in [0.3, 0.4) is 0 Å². The van der Waals surface area contributed by atoms with Gasteiger partial charge in [0.1, 0.15) is 5.82 Å². The fourth-order valence-corrected chi connectivity index (χ4v) is 1.41. The molecule has 1 aromatic heterocycles. The van der Waals surface area contributed by atoms with Crippen molar-refractivity contribution < 1.29 is 19.0 Å². The molecule has 1 heterocycles. The van der Waals surface area contributed by atoms with Crippen LogP contribution in [0, 0.1) is 0 Å². The molecule has 0 saturated carbocycles. The number of halogens is 2. The summed E-state index contributed by atoms with van der Waals surface area (Å²) < 4.78 is 24.6. The predicted octanol–water partition coefficient (Wildman–Crippen LogP) is 0.638. The van der Waals surface area contributed by atoms with Gasteiger partial charge in [0.2, 0.25) is 0 Å². The summed E-state index contributed by atoms with van der Waals surface area (Å²) in [6.45, 7) is -0.957. The van der Waals surface area contributed by atoms with Crippen molar-refractivity contribution in [1.29, 1.82) is 0 Å². The van der Waals surface area contributed by atoms with Crippen LogP contribution in [-0.4, -0.2) is 41.3 Å². The van der Waals surface area contributed by atoms with Gasteiger partial charge in [-0.05, 0) is 6.07 Å². The Kier molecular flexibility index (Phi) is 5.07. The first kappa shape index (κ1) is 12.8. The Bertz CT molecular complexity index is 323. The predicted molar refractivity (Wildman–Crippen MR) is 55.5 cm³/mol. The summed E-state index contributed by atoms with van der Waals surface area (Å²) in [7, 11) is 0. The summed E-state index contributed by atoms with van der Waals surface area (Å²) >= 11 is 0. The highest BCUT2D eigenvalue weighted by Crippen LogP contribution is 2.17. The molecule has 0 atom stereocenters.